The van der Waals surface area contributed by atoms with Crippen LogP contribution in [0.3, 0.4) is 0 Å². The molecule has 3 N–H and O–H groups in total. The van der Waals surface area contributed by atoms with E-state index in [0.29, 0.717) is 5.92 Å². The Kier molecular flexibility index (Phi) is 2.85. The van der Waals surface area contributed by atoms with Crippen molar-refractivity contribution in [2.75, 3.05) is 6.61 Å². The summed E-state index contributed by atoms with van der Waals surface area (Å²) < 4.78 is 0. The number of hydrogen-bond donors (Lipinski definition) is 2. The molecule has 76 valence electrons. The summed E-state index contributed by atoms with van der Waals surface area (Å²) in [4.78, 5) is 0. The molecule has 0 spiro atoms. The van der Waals surface area contributed by atoms with Gasteiger partial charge in [0.2, 0.25) is 0 Å². The van der Waals surface area contributed by atoms with Gasteiger partial charge in [0.1, 0.15) is 0 Å². The van der Waals surface area contributed by atoms with Gasteiger partial charge in [0.25, 0.3) is 0 Å². The lowest BCUT2D eigenvalue weighted by molar-refractivity contribution is 0.266. The predicted octanol–water partition coefficient (Wildman–Crippen LogP) is 1.95. The summed E-state index contributed by atoms with van der Waals surface area (Å²) in [7, 11) is 0. The molecule has 0 amide bonds. The van der Waals surface area contributed by atoms with Crippen molar-refractivity contribution in [3.05, 3.63) is 35.4 Å². The maximum absolute atomic E-state index is 9.06. The number of hydrogen-bond acceptors (Lipinski definition) is 2. The molecule has 2 rings (SSSR count). The zero-order valence-corrected chi connectivity index (χ0v) is 8.32. The molecule has 1 aromatic carbocycles. The van der Waals surface area contributed by atoms with Gasteiger partial charge < -0.3 is 10.8 Å². The number of benzene rings is 1. The van der Waals surface area contributed by atoms with Crippen molar-refractivity contribution in [3.8, 4) is 0 Å². The van der Waals surface area contributed by atoms with E-state index in [9.17, 15) is 0 Å². The quantitative estimate of drug-likeness (QED) is 0.767. The van der Waals surface area contributed by atoms with Gasteiger partial charge in [-0.25, -0.2) is 0 Å². The highest BCUT2D eigenvalue weighted by Crippen LogP contribution is 2.38. The van der Waals surface area contributed by atoms with Crippen LogP contribution in [-0.2, 0) is 0 Å². The maximum atomic E-state index is 9.06. The Hall–Kier alpha value is -0.860. The van der Waals surface area contributed by atoms with E-state index in [1.807, 2.05) is 12.1 Å². The van der Waals surface area contributed by atoms with Gasteiger partial charge in [-0.05, 0) is 29.9 Å². The van der Waals surface area contributed by atoms with E-state index in [1.165, 1.54) is 24.8 Å². The minimum atomic E-state index is -0.216. The minimum absolute atomic E-state index is 0.0315. The lowest BCUT2D eigenvalue weighted by atomic mass is 9.77. The molecule has 0 aromatic heterocycles. The fraction of sp³-hybridized carbons (Fsp3) is 0.500. The van der Waals surface area contributed by atoms with E-state index >= 15 is 0 Å². The zero-order valence-electron chi connectivity index (χ0n) is 8.32. The van der Waals surface area contributed by atoms with Gasteiger partial charge >= 0.3 is 0 Å². The van der Waals surface area contributed by atoms with E-state index in [1.54, 1.807) is 0 Å². The van der Waals surface area contributed by atoms with Crippen LogP contribution in [0.4, 0.5) is 0 Å². The Morgan fingerprint density at radius 2 is 2.07 bits per heavy atom. The Bertz CT molecular complexity index is 283. The molecule has 14 heavy (non-hydrogen) atoms. The molecule has 0 bridgehead atoms. The van der Waals surface area contributed by atoms with Crippen molar-refractivity contribution in [1.82, 2.24) is 0 Å². The van der Waals surface area contributed by atoms with Crippen LogP contribution in [0.5, 0.6) is 0 Å². The monoisotopic (exact) mass is 191 g/mol. The average Bonchev–Trinajstić information content (AvgIpc) is 2.15. The third-order valence-corrected chi connectivity index (χ3v) is 3.14. The lowest BCUT2D eigenvalue weighted by Crippen LogP contribution is -2.19. The second-order valence-corrected chi connectivity index (χ2v) is 4.05. The number of aliphatic hydroxyl groups excluding tert-OH is 1. The smallest absolute Gasteiger partial charge is 0.0624 e. The number of rotatable bonds is 3. The number of aliphatic hydroxyl groups is 1. The van der Waals surface area contributed by atoms with Crippen molar-refractivity contribution in [3.63, 3.8) is 0 Å². The van der Waals surface area contributed by atoms with Gasteiger partial charge in [-0.1, -0.05) is 30.7 Å². The molecule has 0 saturated heterocycles. The zero-order chi connectivity index (χ0) is 9.97. The van der Waals surface area contributed by atoms with Crippen LogP contribution in [0.1, 0.15) is 42.3 Å². The molecule has 2 nitrogen and oxygen atoms in total. The van der Waals surface area contributed by atoms with Crippen LogP contribution in [0, 0.1) is 0 Å². The average molecular weight is 191 g/mol. The van der Waals surface area contributed by atoms with Crippen LogP contribution >= 0.6 is 0 Å². The first-order valence-electron chi connectivity index (χ1n) is 5.28. The van der Waals surface area contributed by atoms with E-state index in [2.05, 4.69) is 12.1 Å². The fourth-order valence-corrected chi connectivity index (χ4v) is 2.04. The molecule has 0 aliphatic heterocycles. The summed E-state index contributed by atoms with van der Waals surface area (Å²) in [6.45, 7) is 0.0315. The minimum Gasteiger partial charge on any atom is -0.394 e. The van der Waals surface area contributed by atoms with Crippen LogP contribution in [0.15, 0.2) is 24.3 Å². The highest BCUT2D eigenvalue weighted by Gasteiger charge is 2.23. The second-order valence-electron chi connectivity index (χ2n) is 4.05. The van der Waals surface area contributed by atoms with E-state index in [0.717, 1.165) is 5.56 Å². The molecule has 1 fully saturated rings. The van der Waals surface area contributed by atoms with E-state index in [4.69, 9.17) is 10.8 Å². The summed E-state index contributed by atoms with van der Waals surface area (Å²) in [5.41, 5.74) is 8.33. The molecule has 1 unspecified atom stereocenters. The van der Waals surface area contributed by atoms with Crippen LogP contribution < -0.4 is 5.73 Å². The standard InChI is InChI=1S/C12H17NO/c13-12(8-14)11-7-2-1-6-10(11)9-4-3-5-9/h1-2,6-7,9,12,14H,3-5,8,13H2. The van der Waals surface area contributed by atoms with Gasteiger partial charge in [0, 0.05) is 0 Å². The summed E-state index contributed by atoms with van der Waals surface area (Å²) >= 11 is 0. The number of nitrogens with two attached hydrogens (primary N) is 1. The van der Waals surface area contributed by atoms with Crippen LogP contribution in [-0.4, -0.2) is 11.7 Å². The van der Waals surface area contributed by atoms with E-state index in [-0.39, 0.29) is 12.6 Å². The predicted molar refractivity (Wildman–Crippen MR) is 57.0 cm³/mol. The van der Waals surface area contributed by atoms with Gasteiger partial charge in [0.15, 0.2) is 0 Å². The largest absolute Gasteiger partial charge is 0.394 e. The molecule has 1 atom stereocenters. The highest BCUT2D eigenvalue weighted by molar-refractivity contribution is 5.34. The summed E-state index contributed by atoms with van der Waals surface area (Å²) in [5.74, 6) is 0.684. The van der Waals surface area contributed by atoms with Crippen LogP contribution in [0.2, 0.25) is 0 Å². The summed E-state index contributed by atoms with van der Waals surface area (Å²) in [6, 6.07) is 8.02. The summed E-state index contributed by atoms with van der Waals surface area (Å²) in [5, 5.41) is 9.06. The van der Waals surface area contributed by atoms with Crippen LogP contribution in [0.25, 0.3) is 0 Å². The maximum Gasteiger partial charge on any atom is 0.0624 e. The Morgan fingerprint density at radius 3 is 2.64 bits per heavy atom. The molecule has 1 aliphatic carbocycles. The lowest BCUT2D eigenvalue weighted by Gasteiger charge is -2.29. The molecular formula is C12H17NO. The molecular weight excluding hydrogens is 174 g/mol. The first-order valence-corrected chi connectivity index (χ1v) is 5.28. The molecule has 0 radical (unpaired) electrons. The molecule has 1 aromatic rings. The van der Waals surface area contributed by atoms with Gasteiger partial charge in [-0.3, -0.25) is 0 Å². The third kappa shape index (κ3) is 1.68. The first kappa shape index (κ1) is 9.69. The Labute approximate surface area is 84.7 Å². The normalized spacial score (nSPS) is 19.0. The Balaban J connectivity index is 2.27. The van der Waals surface area contributed by atoms with Crippen molar-refractivity contribution < 1.29 is 5.11 Å². The molecule has 1 saturated carbocycles. The first-order chi connectivity index (χ1) is 6.83. The molecule has 0 heterocycles. The fourth-order valence-electron chi connectivity index (χ4n) is 2.04. The molecule has 1 aliphatic rings. The highest BCUT2D eigenvalue weighted by atomic mass is 16.3. The van der Waals surface area contributed by atoms with Gasteiger partial charge in [-0.15, -0.1) is 0 Å². The molecule has 2 heteroatoms. The van der Waals surface area contributed by atoms with E-state index < -0.39 is 0 Å². The van der Waals surface area contributed by atoms with Crippen molar-refractivity contribution in [2.45, 2.75) is 31.2 Å². The van der Waals surface area contributed by atoms with Crippen molar-refractivity contribution in [2.24, 2.45) is 5.73 Å². The van der Waals surface area contributed by atoms with Gasteiger partial charge in [0.05, 0.1) is 12.6 Å². The Morgan fingerprint density at radius 1 is 1.36 bits per heavy atom. The van der Waals surface area contributed by atoms with Crippen molar-refractivity contribution >= 4 is 0 Å². The van der Waals surface area contributed by atoms with Crippen molar-refractivity contribution in [1.29, 1.82) is 0 Å². The second kappa shape index (κ2) is 4.11. The van der Waals surface area contributed by atoms with Gasteiger partial charge in [-0.2, -0.15) is 0 Å². The topological polar surface area (TPSA) is 46.2 Å². The SMILES string of the molecule is NC(CO)c1ccccc1C1CCC1. The third-order valence-electron chi connectivity index (χ3n) is 3.14. The summed E-state index contributed by atoms with van der Waals surface area (Å²) in [6.07, 6.45) is 3.87.